The molecule has 3 rings (SSSR count). The largest absolute Gasteiger partial charge is 0.481 e. The Labute approximate surface area is 135 Å². The summed E-state index contributed by atoms with van der Waals surface area (Å²) >= 11 is 6.16. The van der Waals surface area contributed by atoms with Crippen molar-refractivity contribution < 1.29 is 9.53 Å². The van der Waals surface area contributed by atoms with E-state index < -0.39 is 0 Å². The normalized spacial score (nSPS) is 18.5. The number of aromatic nitrogens is 1. The molecule has 22 heavy (non-hydrogen) atoms. The first-order chi connectivity index (χ1) is 10.6. The summed E-state index contributed by atoms with van der Waals surface area (Å²) in [6, 6.07) is 7.27. The first-order valence-electron chi connectivity index (χ1n) is 7.59. The van der Waals surface area contributed by atoms with Crippen LogP contribution in [0.4, 0.5) is 0 Å². The molecule has 0 unspecified atom stereocenters. The summed E-state index contributed by atoms with van der Waals surface area (Å²) in [5.41, 5.74) is 0.690. The van der Waals surface area contributed by atoms with Gasteiger partial charge in [-0.1, -0.05) is 18.5 Å². The standard InChI is InChI=1S/C17H19ClN2O2/c1-12-4-3-9-20(10-12)16(21)11-22-15-7-6-14(18)13-5-2-8-19-17(13)15/h2,5-8,12H,3-4,9-11H2,1H3/t12-/m0/s1. The molecule has 1 amide bonds. The zero-order chi connectivity index (χ0) is 15.5. The lowest BCUT2D eigenvalue weighted by Gasteiger charge is -2.30. The maximum atomic E-state index is 12.3. The zero-order valence-electron chi connectivity index (χ0n) is 12.6. The minimum Gasteiger partial charge on any atom is -0.481 e. The molecule has 1 fully saturated rings. The van der Waals surface area contributed by atoms with Gasteiger partial charge >= 0.3 is 0 Å². The molecule has 0 radical (unpaired) electrons. The zero-order valence-corrected chi connectivity index (χ0v) is 13.3. The molecule has 1 saturated heterocycles. The summed E-state index contributed by atoms with van der Waals surface area (Å²) in [4.78, 5) is 18.5. The Morgan fingerprint density at radius 2 is 2.32 bits per heavy atom. The fourth-order valence-corrected chi connectivity index (χ4v) is 3.09. The Morgan fingerprint density at radius 3 is 3.14 bits per heavy atom. The van der Waals surface area contributed by atoms with Crippen LogP contribution >= 0.6 is 11.6 Å². The number of carbonyl (C=O) groups excluding carboxylic acids is 1. The SMILES string of the molecule is C[C@H]1CCCN(C(=O)COc2ccc(Cl)c3cccnc23)C1. The Hall–Kier alpha value is -1.81. The molecule has 5 heteroatoms. The van der Waals surface area contributed by atoms with Crippen LogP contribution in [-0.4, -0.2) is 35.5 Å². The van der Waals surface area contributed by atoms with Crippen LogP contribution in [0.25, 0.3) is 10.9 Å². The lowest BCUT2D eigenvalue weighted by Crippen LogP contribution is -2.41. The Bertz CT molecular complexity index is 689. The fraction of sp³-hybridized carbons (Fsp3) is 0.412. The topological polar surface area (TPSA) is 42.4 Å². The van der Waals surface area contributed by atoms with Crippen LogP contribution < -0.4 is 4.74 Å². The highest BCUT2D eigenvalue weighted by Gasteiger charge is 2.21. The number of hydrogen-bond acceptors (Lipinski definition) is 3. The molecule has 2 heterocycles. The van der Waals surface area contributed by atoms with Gasteiger partial charge in [0.1, 0.15) is 11.3 Å². The van der Waals surface area contributed by atoms with Crippen molar-refractivity contribution >= 4 is 28.4 Å². The molecular weight excluding hydrogens is 300 g/mol. The predicted molar refractivity (Wildman–Crippen MR) is 87.2 cm³/mol. The maximum absolute atomic E-state index is 12.3. The molecule has 0 bridgehead atoms. The van der Waals surface area contributed by atoms with E-state index in [9.17, 15) is 4.79 Å². The number of likely N-dealkylation sites (tertiary alicyclic amines) is 1. The van der Waals surface area contributed by atoms with Crippen molar-refractivity contribution in [3.05, 3.63) is 35.5 Å². The molecule has 0 spiro atoms. The van der Waals surface area contributed by atoms with E-state index in [-0.39, 0.29) is 12.5 Å². The van der Waals surface area contributed by atoms with Gasteiger partial charge in [-0.3, -0.25) is 9.78 Å². The number of pyridine rings is 1. The summed E-state index contributed by atoms with van der Waals surface area (Å²) < 4.78 is 5.71. The van der Waals surface area contributed by atoms with E-state index in [4.69, 9.17) is 16.3 Å². The second-order valence-electron chi connectivity index (χ2n) is 5.82. The lowest BCUT2D eigenvalue weighted by molar-refractivity contribution is -0.135. The van der Waals surface area contributed by atoms with E-state index in [0.717, 1.165) is 24.9 Å². The van der Waals surface area contributed by atoms with Crippen LogP contribution in [0.3, 0.4) is 0 Å². The van der Waals surface area contributed by atoms with Crippen molar-refractivity contribution in [1.82, 2.24) is 9.88 Å². The van der Waals surface area contributed by atoms with Gasteiger partial charge in [-0.15, -0.1) is 0 Å². The number of halogens is 1. The second kappa shape index (κ2) is 6.53. The monoisotopic (exact) mass is 318 g/mol. The smallest absolute Gasteiger partial charge is 0.260 e. The van der Waals surface area contributed by atoms with E-state index in [1.54, 1.807) is 18.3 Å². The Morgan fingerprint density at radius 1 is 1.45 bits per heavy atom. The van der Waals surface area contributed by atoms with E-state index in [2.05, 4.69) is 11.9 Å². The van der Waals surface area contributed by atoms with Gasteiger partial charge in [0.25, 0.3) is 5.91 Å². The number of nitrogens with zero attached hydrogens (tertiary/aromatic N) is 2. The van der Waals surface area contributed by atoms with Crippen LogP contribution in [0.5, 0.6) is 5.75 Å². The number of amides is 1. The molecule has 1 aromatic heterocycles. The third-order valence-electron chi connectivity index (χ3n) is 4.04. The Balaban J connectivity index is 1.71. The van der Waals surface area contributed by atoms with Gasteiger partial charge in [0.05, 0.1) is 5.02 Å². The van der Waals surface area contributed by atoms with Crippen LogP contribution in [0.1, 0.15) is 19.8 Å². The highest BCUT2D eigenvalue weighted by molar-refractivity contribution is 6.35. The van der Waals surface area contributed by atoms with E-state index in [1.807, 2.05) is 17.0 Å². The molecule has 1 aromatic carbocycles. The number of hydrogen-bond donors (Lipinski definition) is 0. The quantitative estimate of drug-likeness (QED) is 0.869. The third-order valence-corrected chi connectivity index (χ3v) is 4.37. The van der Waals surface area contributed by atoms with Gasteiger partial charge in [-0.25, -0.2) is 0 Å². The molecule has 0 N–H and O–H groups in total. The molecule has 1 atom stereocenters. The van der Waals surface area contributed by atoms with Crippen molar-refractivity contribution in [3.63, 3.8) is 0 Å². The van der Waals surface area contributed by atoms with E-state index in [1.165, 1.54) is 6.42 Å². The van der Waals surface area contributed by atoms with Gasteiger partial charge in [-0.05, 0) is 43.0 Å². The Kier molecular flexibility index (Phi) is 4.48. The maximum Gasteiger partial charge on any atom is 0.260 e. The average molecular weight is 319 g/mol. The number of benzene rings is 1. The van der Waals surface area contributed by atoms with Crippen molar-refractivity contribution in [1.29, 1.82) is 0 Å². The number of carbonyl (C=O) groups is 1. The van der Waals surface area contributed by atoms with Gasteiger partial charge in [0.15, 0.2) is 6.61 Å². The first kappa shape index (κ1) is 15.1. The predicted octanol–water partition coefficient (Wildman–Crippen LogP) is 3.53. The summed E-state index contributed by atoms with van der Waals surface area (Å²) in [7, 11) is 0. The van der Waals surface area contributed by atoms with Crippen LogP contribution in [-0.2, 0) is 4.79 Å². The number of rotatable bonds is 3. The lowest BCUT2D eigenvalue weighted by atomic mass is 10.0. The van der Waals surface area contributed by atoms with E-state index >= 15 is 0 Å². The van der Waals surface area contributed by atoms with Gasteiger partial charge in [0.2, 0.25) is 0 Å². The number of piperidine rings is 1. The highest BCUT2D eigenvalue weighted by Crippen LogP contribution is 2.29. The van der Waals surface area contributed by atoms with Crippen molar-refractivity contribution in [3.8, 4) is 5.75 Å². The highest BCUT2D eigenvalue weighted by atomic mass is 35.5. The van der Waals surface area contributed by atoms with Crippen LogP contribution in [0.2, 0.25) is 5.02 Å². The van der Waals surface area contributed by atoms with Gasteiger partial charge in [-0.2, -0.15) is 0 Å². The molecule has 4 nitrogen and oxygen atoms in total. The van der Waals surface area contributed by atoms with Gasteiger partial charge in [0, 0.05) is 24.7 Å². The number of fused-ring (bicyclic) bond motifs is 1. The van der Waals surface area contributed by atoms with Gasteiger partial charge < -0.3 is 9.64 Å². The minimum absolute atomic E-state index is 0.0329. The molecule has 0 saturated carbocycles. The molecule has 2 aromatic rings. The summed E-state index contributed by atoms with van der Waals surface area (Å²) in [5.74, 6) is 1.19. The van der Waals surface area contributed by atoms with Crippen LogP contribution in [0, 0.1) is 5.92 Å². The molecule has 1 aliphatic heterocycles. The summed E-state index contributed by atoms with van der Waals surface area (Å²) in [5, 5.41) is 1.47. The first-order valence-corrected chi connectivity index (χ1v) is 7.97. The minimum atomic E-state index is 0.0329. The van der Waals surface area contributed by atoms with E-state index in [0.29, 0.717) is 22.2 Å². The molecular formula is C17H19ClN2O2. The fourth-order valence-electron chi connectivity index (χ4n) is 2.88. The summed E-state index contributed by atoms with van der Waals surface area (Å²) in [6.45, 7) is 3.87. The van der Waals surface area contributed by atoms with Crippen molar-refractivity contribution in [2.45, 2.75) is 19.8 Å². The summed E-state index contributed by atoms with van der Waals surface area (Å²) in [6.07, 6.45) is 3.95. The molecule has 1 aliphatic rings. The molecule has 0 aliphatic carbocycles. The van der Waals surface area contributed by atoms with Crippen molar-refractivity contribution in [2.24, 2.45) is 5.92 Å². The van der Waals surface area contributed by atoms with Crippen molar-refractivity contribution in [2.75, 3.05) is 19.7 Å². The second-order valence-corrected chi connectivity index (χ2v) is 6.23. The number of ether oxygens (including phenoxy) is 1. The third kappa shape index (κ3) is 3.17. The molecule has 116 valence electrons. The average Bonchev–Trinajstić information content (AvgIpc) is 2.54. The van der Waals surface area contributed by atoms with Crippen LogP contribution in [0.15, 0.2) is 30.5 Å².